The number of hydrogen-bond acceptors (Lipinski definition) is 5. The molecule has 2 aromatic rings. The minimum absolute atomic E-state index is 0.0809. The lowest BCUT2D eigenvalue weighted by Crippen LogP contribution is -2.43. The number of nitrogens with one attached hydrogen (secondary N) is 2. The van der Waals surface area contributed by atoms with E-state index in [-0.39, 0.29) is 17.9 Å². The standard InChI is InChI=1S/C17H24N6O/c1-13-3-5-14(6-4-13)16-20-22-23(21-16)11-15(24)19-12-17(2)7-9-18-10-8-17/h3-6,18H,7-12H2,1-2H3,(H,19,24). The third-order valence-corrected chi connectivity index (χ3v) is 4.57. The number of hydrogen-bond donors (Lipinski definition) is 2. The van der Waals surface area contributed by atoms with Crippen LogP contribution < -0.4 is 10.6 Å². The van der Waals surface area contributed by atoms with Gasteiger partial charge in [-0.1, -0.05) is 36.8 Å². The van der Waals surface area contributed by atoms with E-state index < -0.39 is 0 Å². The Bertz CT molecular complexity index is 687. The van der Waals surface area contributed by atoms with Gasteiger partial charge in [0.25, 0.3) is 0 Å². The van der Waals surface area contributed by atoms with Crippen LogP contribution in [0.5, 0.6) is 0 Å². The summed E-state index contributed by atoms with van der Waals surface area (Å²) < 4.78 is 0. The molecule has 0 radical (unpaired) electrons. The van der Waals surface area contributed by atoms with Crippen molar-refractivity contribution >= 4 is 5.91 Å². The molecule has 0 bridgehead atoms. The molecule has 3 rings (SSSR count). The van der Waals surface area contributed by atoms with E-state index in [4.69, 9.17) is 0 Å². The largest absolute Gasteiger partial charge is 0.354 e. The first-order valence-electron chi connectivity index (χ1n) is 8.36. The van der Waals surface area contributed by atoms with Gasteiger partial charge in [-0.15, -0.1) is 10.2 Å². The molecule has 0 atom stereocenters. The first kappa shape index (κ1) is 16.6. The summed E-state index contributed by atoms with van der Waals surface area (Å²) in [7, 11) is 0. The molecule has 1 fully saturated rings. The fraction of sp³-hybridized carbons (Fsp3) is 0.529. The number of nitrogens with zero attached hydrogens (tertiary/aromatic N) is 4. The van der Waals surface area contributed by atoms with Gasteiger partial charge in [0.15, 0.2) is 0 Å². The van der Waals surface area contributed by atoms with Crippen LogP contribution in [0.1, 0.15) is 25.3 Å². The molecule has 2 heterocycles. The molecule has 7 nitrogen and oxygen atoms in total. The van der Waals surface area contributed by atoms with Crippen molar-refractivity contribution in [3.8, 4) is 11.4 Å². The van der Waals surface area contributed by atoms with Gasteiger partial charge in [-0.05, 0) is 43.5 Å². The van der Waals surface area contributed by atoms with Crippen molar-refractivity contribution in [1.29, 1.82) is 0 Å². The molecule has 0 unspecified atom stereocenters. The minimum atomic E-state index is -0.0809. The number of amides is 1. The van der Waals surface area contributed by atoms with Gasteiger partial charge >= 0.3 is 0 Å². The second-order valence-corrected chi connectivity index (χ2v) is 6.85. The Labute approximate surface area is 141 Å². The third kappa shape index (κ3) is 4.17. The molecule has 1 aromatic heterocycles. The summed E-state index contributed by atoms with van der Waals surface area (Å²) in [6.07, 6.45) is 2.15. The van der Waals surface area contributed by atoms with Crippen molar-refractivity contribution in [3.63, 3.8) is 0 Å². The maximum atomic E-state index is 12.1. The van der Waals surface area contributed by atoms with Crippen LogP contribution in [0.25, 0.3) is 11.4 Å². The van der Waals surface area contributed by atoms with Gasteiger partial charge in [0, 0.05) is 12.1 Å². The summed E-state index contributed by atoms with van der Waals surface area (Å²) in [4.78, 5) is 13.5. The quantitative estimate of drug-likeness (QED) is 0.860. The molecule has 1 aliphatic rings. The Morgan fingerprint density at radius 1 is 1.29 bits per heavy atom. The molecular weight excluding hydrogens is 304 g/mol. The van der Waals surface area contributed by atoms with Crippen molar-refractivity contribution in [2.75, 3.05) is 19.6 Å². The van der Waals surface area contributed by atoms with E-state index in [9.17, 15) is 4.79 Å². The highest BCUT2D eigenvalue weighted by Gasteiger charge is 2.27. The van der Waals surface area contributed by atoms with Crippen molar-refractivity contribution in [2.24, 2.45) is 5.41 Å². The highest BCUT2D eigenvalue weighted by molar-refractivity contribution is 5.75. The zero-order chi connectivity index (χ0) is 17.0. The SMILES string of the molecule is Cc1ccc(-c2nnn(CC(=O)NCC3(C)CCNCC3)n2)cc1. The zero-order valence-corrected chi connectivity index (χ0v) is 14.2. The molecule has 0 saturated carbocycles. The van der Waals surface area contributed by atoms with E-state index in [0.717, 1.165) is 31.5 Å². The van der Waals surface area contributed by atoms with Gasteiger partial charge < -0.3 is 10.6 Å². The fourth-order valence-electron chi connectivity index (χ4n) is 2.83. The van der Waals surface area contributed by atoms with Crippen molar-refractivity contribution in [3.05, 3.63) is 29.8 Å². The zero-order valence-electron chi connectivity index (χ0n) is 14.2. The lowest BCUT2D eigenvalue weighted by atomic mass is 9.81. The third-order valence-electron chi connectivity index (χ3n) is 4.57. The molecule has 7 heteroatoms. The molecule has 128 valence electrons. The van der Waals surface area contributed by atoms with Crippen LogP contribution in [0.3, 0.4) is 0 Å². The molecule has 24 heavy (non-hydrogen) atoms. The minimum Gasteiger partial charge on any atom is -0.354 e. The van der Waals surface area contributed by atoms with Crippen LogP contribution in [0.15, 0.2) is 24.3 Å². The molecule has 2 N–H and O–H groups in total. The lowest BCUT2D eigenvalue weighted by Gasteiger charge is -2.34. The first-order valence-corrected chi connectivity index (χ1v) is 8.36. The number of tetrazole rings is 1. The molecule has 1 aromatic carbocycles. The van der Waals surface area contributed by atoms with Gasteiger partial charge in [-0.2, -0.15) is 4.80 Å². The average Bonchev–Trinajstić information content (AvgIpc) is 3.03. The van der Waals surface area contributed by atoms with E-state index in [2.05, 4.69) is 33.0 Å². The smallest absolute Gasteiger partial charge is 0.243 e. The van der Waals surface area contributed by atoms with Gasteiger partial charge in [0.1, 0.15) is 6.54 Å². The van der Waals surface area contributed by atoms with E-state index in [1.54, 1.807) is 0 Å². The van der Waals surface area contributed by atoms with E-state index >= 15 is 0 Å². The lowest BCUT2D eigenvalue weighted by molar-refractivity contribution is -0.122. The monoisotopic (exact) mass is 328 g/mol. The Hall–Kier alpha value is -2.28. The van der Waals surface area contributed by atoms with Crippen LogP contribution >= 0.6 is 0 Å². The molecule has 1 amide bonds. The first-order chi connectivity index (χ1) is 11.5. The van der Waals surface area contributed by atoms with E-state index in [1.807, 2.05) is 31.2 Å². The van der Waals surface area contributed by atoms with Crippen molar-refractivity contribution < 1.29 is 4.79 Å². The number of aromatic nitrogens is 4. The summed E-state index contributed by atoms with van der Waals surface area (Å²) in [5.41, 5.74) is 2.25. The van der Waals surface area contributed by atoms with Crippen LogP contribution in [-0.2, 0) is 11.3 Å². The molecule has 0 aliphatic carbocycles. The predicted molar refractivity (Wildman–Crippen MR) is 91.2 cm³/mol. The number of carbonyl (C=O) groups is 1. The second-order valence-electron chi connectivity index (χ2n) is 6.85. The summed E-state index contributed by atoms with van der Waals surface area (Å²) in [5, 5.41) is 18.6. The Balaban J connectivity index is 1.54. The van der Waals surface area contributed by atoms with Gasteiger partial charge in [0.05, 0.1) is 0 Å². The topological polar surface area (TPSA) is 84.7 Å². The highest BCUT2D eigenvalue weighted by atomic mass is 16.2. The number of aryl methyl sites for hydroxylation is 1. The highest BCUT2D eigenvalue weighted by Crippen LogP contribution is 2.26. The summed E-state index contributed by atoms with van der Waals surface area (Å²) in [5.74, 6) is 0.454. The Morgan fingerprint density at radius 2 is 2.00 bits per heavy atom. The number of piperidine rings is 1. The summed E-state index contributed by atoms with van der Waals surface area (Å²) in [6, 6.07) is 7.91. The summed E-state index contributed by atoms with van der Waals surface area (Å²) in [6.45, 7) is 7.05. The molecule has 1 aliphatic heterocycles. The second kappa shape index (κ2) is 7.09. The normalized spacial score (nSPS) is 16.8. The summed E-state index contributed by atoms with van der Waals surface area (Å²) >= 11 is 0. The maximum absolute atomic E-state index is 12.1. The van der Waals surface area contributed by atoms with Gasteiger partial charge in [0.2, 0.25) is 11.7 Å². The van der Waals surface area contributed by atoms with E-state index in [0.29, 0.717) is 12.4 Å². The van der Waals surface area contributed by atoms with Crippen molar-refractivity contribution in [1.82, 2.24) is 30.8 Å². The molecule has 1 saturated heterocycles. The van der Waals surface area contributed by atoms with Crippen LogP contribution in [0.4, 0.5) is 0 Å². The number of benzene rings is 1. The van der Waals surface area contributed by atoms with Crippen LogP contribution in [-0.4, -0.2) is 45.7 Å². The fourth-order valence-corrected chi connectivity index (χ4v) is 2.83. The molecular formula is C17H24N6O. The number of carbonyl (C=O) groups excluding carboxylic acids is 1. The Kier molecular flexibility index (Phi) is 4.89. The predicted octanol–water partition coefficient (Wildman–Crippen LogP) is 1.15. The van der Waals surface area contributed by atoms with Crippen molar-refractivity contribution in [2.45, 2.75) is 33.2 Å². The van der Waals surface area contributed by atoms with Crippen LogP contribution in [0, 0.1) is 12.3 Å². The van der Waals surface area contributed by atoms with Gasteiger partial charge in [-0.3, -0.25) is 4.79 Å². The van der Waals surface area contributed by atoms with Gasteiger partial charge in [-0.25, -0.2) is 0 Å². The van der Waals surface area contributed by atoms with Crippen LogP contribution in [0.2, 0.25) is 0 Å². The Morgan fingerprint density at radius 3 is 2.71 bits per heavy atom. The average molecular weight is 328 g/mol. The maximum Gasteiger partial charge on any atom is 0.243 e. The molecule has 0 spiro atoms. The van der Waals surface area contributed by atoms with E-state index in [1.165, 1.54) is 10.4 Å². The number of rotatable bonds is 5.